The molecule has 27 heavy (non-hydrogen) atoms. The molecule has 0 heterocycles. The summed E-state index contributed by atoms with van der Waals surface area (Å²) in [6.45, 7) is -0.0232. The van der Waals surface area contributed by atoms with Gasteiger partial charge in [-0.25, -0.2) is 4.79 Å². The van der Waals surface area contributed by atoms with Crippen molar-refractivity contribution in [3.8, 4) is 5.75 Å². The van der Waals surface area contributed by atoms with Crippen LogP contribution in [-0.2, 0) is 17.3 Å². The molecule has 0 radical (unpaired) electrons. The number of halogens is 3. The van der Waals surface area contributed by atoms with Crippen LogP contribution in [0.1, 0.15) is 27.9 Å². The summed E-state index contributed by atoms with van der Waals surface area (Å²) in [4.78, 5) is 21.9. The fourth-order valence-corrected chi connectivity index (χ4v) is 2.44. The normalized spacial score (nSPS) is 11.1. The van der Waals surface area contributed by atoms with E-state index in [2.05, 4.69) is 4.74 Å². The molecule has 0 fully saturated rings. The lowest BCUT2D eigenvalue weighted by Gasteiger charge is -2.14. The molecule has 0 aliphatic heterocycles. The molecule has 0 spiro atoms. The van der Waals surface area contributed by atoms with Gasteiger partial charge in [-0.3, -0.25) is 10.1 Å². The van der Waals surface area contributed by atoms with Crippen molar-refractivity contribution in [2.24, 2.45) is 0 Å². The van der Waals surface area contributed by atoms with Crippen molar-refractivity contribution in [2.45, 2.75) is 19.0 Å². The number of esters is 1. The Morgan fingerprint density at radius 1 is 1.19 bits per heavy atom. The molecule has 0 N–H and O–H groups in total. The molecule has 2 aromatic carbocycles. The second-order valence-corrected chi connectivity index (χ2v) is 5.55. The number of nitrogens with zero attached hydrogens (tertiary/aromatic N) is 1. The summed E-state index contributed by atoms with van der Waals surface area (Å²) in [6.07, 6.45) is -3.86. The Labute approximate surface area is 152 Å². The number of alkyl halides is 3. The lowest BCUT2D eigenvalue weighted by atomic mass is 10.1. The average Bonchev–Trinajstić information content (AvgIpc) is 2.64. The molecule has 2 aromatic rings. The Morgan fingerprint density at radius 2 is 1.85 bits per heavy atom. The molecule has 0 unspecified atom stereocenters. The zero-order valence-corrected chi connectivity index (χ0v) is 14.3. The minimum Gasteiger partial charge on any atom is -0.487 e. The summed E-state index contributed by atoms with van der Waals surface area (Å²) in [5, 5.41) is 11.2. The molecule has 0 bridgehead atoms. The first-order valence-corrected chi connectivity index (χ1v) is 7.88. The van der Waals surface area contributed by atoms with E-state index >= 15 is 0 Å². The fourth-order valence-electron chi connectivity index (χ4n) is 2.44. The number of aryl methyl sites for hydroxylation is 1. The van der Waals surface area contributed by atoms with Gasteiger partial charge in [0.2, 0.25) is 0 Å². The van der Waals surface area contributed by atoms with Crippen molar-refractivity contribution in [1.82, 2.24) is 0 Å². The number of rotatable bonds is 7. The van der Waals surface area contributed by atoms with Crippen molar-refractivity contribution < 1.29 is 32.4 Å². The van der Waals surface area contributed by atoms with Gasteiger partial charge in [0.25, 0.3) is 0 Å². The Morgan fingerprint density at radius 3 is 2.41 bits per heavy atom. The lowest BCUT2D eigenvalue weighted by molar-refractivity contribution is -0.386. The molecule has 0 atom stereocenters. The van der Waals surface area contributed by atoms with Crippen LogP contribution in [0.5, 0.6) is 5.75 Å². The fraction of sp³-hybridized carbons (Fsp3) is 0.278. The number of carbonyl (C=O) groups is 1. The summed E-state index contributed by atoms with van der Waals surface area (Å²) < 4.78 is 49.2. The van der Waals surface area contributed by atoms with Crippen LogP contribution in [-0.4, -0.2) is 24.6 Å². The minimum atomic E-state index is -4.90. The highest BCUT2D eigenvalue weighted by atomic mass is 19.4. The van der Waals surface area contributed by atoms with Gasteiger partial charge in [0.1, 0.15) is 0 Å². The van der Waals surface area contributed by atoms with Crippen LogP contribution in [0.2, 0.25) is 0 Å². The third-order valence-electron chi connectivity index (χ3n) is 3.72. The predicted molar refractivity (Wildman–Crippen MR) is 89.7 cm³/mol. The van der Waals surface area contributed by atoms with Gasteiger partial charge in [-0.05, 0) is 18.4 Å². The minimum absolute atomic E-state index is 0.0232. The second-order valence-electron chi connectivity index (χ2n) is 5.55. The van der Waals surface area contributed by atoms with E-state index in [4.69, 9.17) is 4.74 Å². The Bertz CT molecular complexity index is 822. The third kappa shape index (κ3) is 5.19. The molecule has 0 saturated heterocycles. The Hall–Kier alpha value is -3.10. The van der Waals surface area contributed by atoms with Crippen LogP contribution in [0.4, 0.5) is 18.9 Å². The zero-order valence-electron chi connectivity index (χ0n) is 14.3. The number of hydrogen-bond donors (Lipinski definition) is 0. The molecule has 0 aromatic heterocycles. The summed E-state index contributed by atoms with van der Waals surface area (Å²) in [5.41, 5.74) is -2.01. The van der Waals surface area contributed by atoms with E-state index in [1.807, 2.05) is 30.3 Å². The first kappa shape index (κ1) is 20.2. The van der Waals surface area contributed by atoms with Crippen LogP contribution in [0, 0.1) is 10.1 Å². The molecule has 6 nitrogen and oxygen atoms in total. The van der Waals surface area contributed by atoms with Crippen molar-refractivity contribution in [3.05, 3.63) is 69.3 Å². The predicted octanol–water partition coefficient (Wildman–Crippen LogP) is 4.41. The molecular weight excluding hydrogens is 367 g/mol. The van der Waals surface area contributed by atoms with Crippen LogP contribution < -0.4 is 4.74 Å². The standard InChI is InChI=1S/C18H16F3NO5/c1-26-17(23)13-10-15(22(24)25)16(11-14(13)18(19,20)21)27-9-5-8-12-6-3-2-4-7-12/h2-4,6-7,10-11H,5,8-9H2,1H3. The van der Waals surface area contributed by atoms with Crippen LogP contribution in [0.25, 0.3) is 0 Å². The smallest absolute Gasteiger partial charge is 0.417 e. The highest BCUT2D eigenvalue weighted by Gasteiger charge is 2.38. The number of ether oxygens (including phenoxy) is 2. The maximum Gasteiger partial charge on any atom is 0.417 e. The van der Waals surface area contributed by atoms with Crippen LogP contribution in [0.15, 0.2) is 42.5 Å². The molecular formula is C18H16F3NO5. The lowest BCUT2D eigenvalue weighted by Crippen LogP contribution is -2.15. The highest BCUT2D eigenvalue weighted by molar-refractivity contribution is 5.92. The van der Waals surface area contributed by atoms with E-state index < -0.39 is 39.6 Å². The largest absolute Gasteiger partial charge is 0.487 e. The number of benzene rings is 2. The highest BCUT2D eigenvalue weighted by Crippen LogP contribution is 2.39. The molecule has 2 rings (SSSR count). The first-order valence-electron chi connectivity index (χ1n) is 7.88. The quantitative estimate of drug-likeness (QED) is 0.306. The summed E-state index contributed by atoms with van der Waals surface area (Å²) in [5.74, 6) is -1.87. The summed E-state index contributed by atoms with van der Waals surface area (Å²) in [6, 6.07) is 10.3. The van der Waals surface area contributed by atoms with Gasteiger partial charge in [0, 0.05) is 12.1 Å². The molecule has 0 aliphatic rings. The maximum atomic E-state index is 13.2. The third-order valence-corrected chi connectivity index (χ3v) is 3.72. The van der Waals surface area contributed by atoms with Gasteiger partial charge >= 0.3 is 17.8 Å². The van der Waals surface area contributed by atoms with Crippen LogP contribution in [0.3, 0.4) is 0 Å². The second kappa shape index (κ2) is 8.52. The number of nitro groups is 1. The van der Waals surface area contributed by atoms with E-state index in [0.717, 1.165) is 12.7 Å². The van der Waals surface area contributed by atoms with Crippen molar-refractivity contribution >= 4 is 11.7 Å². The Balaban J connectivity index is 2.25. The topological polar surface area (TPSA) is 78.7 Å². The van der Waals surface area contributed by atoms with E-state index in [9.17, 15) is 28.1 Å². The first-order chi connectivity index (χ1) is 12.7. The van der Waals surface area contributed by atoms with Gasteiger partial charge in [0.15, 0.2) is 5.75 Å². The maximum absolute atomic E-state index is 13.2. The van der Waals surface area contributed by atoms with Gasteiger partial charge in [-0.2, -0.15) is 13.2 Å². The average molecular weight is 383 g/mol. The number of carbonyl (C=O) groups excluding carboxylic acids is 1. The van der Waals surface area contributed by atoms with E-state index in [1.54, 1.807) is 0 Å². The summed E-state index contributed by atoms with van der Waals surface area (Å²) in [7, 11) is 0.891. The van der Waals surface area contributed by atoms with E-state index in [0.29, 0.717) is 25.0 Å². The van der Waals surface area contributed by atoms with E-state index in [1.165, 1.54) is 0 Å². The number of nitro benzene ring substituents is 1. The van der Waals surface area contributed by atoms with Gasteiger partial charge in [-0.1, -0.05) is 30.3 Å². The van der Waals surface area contributed by atoms with Gasteiger partial charge in [-0.15, -0.1) is 0 Å². The monoisotopic (exact) mass is 383 g/mol. The molecule has 0 amide bonds. The van der Waals surface area contributed by atoms with Crippen molar-refractivity contribution in [1.29, 1.82) is 0 Å². The van der Waals surface area contributed by atoms with Crippen molar-refractivity contribution in [2.75, 3.05) is 13.7 Å². The molecule has 0 aliphatic carbocycles. The van der Waals surface area contributed by atoms with Gasteiger partial charge in [0.05, 0.1) is 29.8 Å². The molecule has 0 saturated carbocycles. The van der Waals surface area contributed by atoms with Gasteiger partial charge < -0.3 is 9.47 Å². The van der Waals surface area contributed by atoms with Crippen LogP contribution >= 0.6 is 0 Å². The number of methoxy groups -OCH3 is 1. The molecule has 144 valence electrons. The molecule has 9 heteroatoms. The van der Waals surface area contributed by atoms with Crippen molar-refractivity contribution in [3.63, 3.8) is 0 Å². The van der Waals surface area contributed by atoms with E-state index in [-0.39, 0.29) is 6.61 Å². The summed E-state index contributed by atoms with van der Waals surface area (Å²) >= 11 is 0. The SMILES string of the molecule is COC(=O)c1cc([N+](=O)[O-])c(OCCCc2ccccc2)cc1C(F)(F)F. The zero-order chi connectivity index (χ0) is 20.0. The number of hydrogen-bond acceptors (Lipinski definition) is 5. The Kier molecular flexibility index (Phi) is 6.38.